The highest BCUT2D eigenvalue weighted by molar-refractivity contribution is 6.30. The number of hydrogen-bond donors (Lipinski definition) is 2. The number of carbonyl (C=O) groups excluding carboxylic acids is 2. The number of oxazole rings is 1. The largest absolute Gasteiger partial charge is 0.465 e. The lowest BCUT2D eigenvalue weighted by atomic mass is 9.94. The summed E-state index contributed by atoms with van der Waals surface area (Å²) in [5.41, 5.74) is 1.63. The second kappa shape index (κ2) is 12.3. The molecule has 1 fully saturated rings. The van der Waals surface area contributed by atoms with E-state index in [1.807, 2.05) is 32.9 Å². The summed E-state index contributed by atoms with van der Waals surface area (Å²) in [5.74, 6) is -1.24. The average molecular weight is 571 g/mol. The van der Waals surface area contributed by atoms with Crippen molar-refractivity contribution >= 4 is 40.5 Å². The summed E-state index contributed by atoms with van der Waals surface area (Å²) in [6.45, 7) is 8.29. The number of aromatic nitrogens is 1. The third-order valence-corrected chi connectivity index (χ3v) is 7.52. The van der Waals surface area contributed by atoms with Crippen LogP contribution in [0.1, 0.15) is 43.1 Å². The summed E-state index contributed by atoms with van der Waals surface area (Å²) in [6.07, 6.45) is -0.364. The van der Waals surface area contributed by atoms with E-state index in [1.54, 1.807) is 35.2 Å². The first-order chi connectivity index (χ1) is 18.9. The molecule has 11 heteroatoms. The number of piperazine rings is 1. The molecule has 0 saturated carbocycles. The zero-order chi connectivity index (χ0) is 29.0. The quantitative estimate of drug-likeness (QED) is 0.370. The van der Waals surface area contributed by atoms with Crippen molar-refractivity contribution in [2.75, 3.05) is 39.3 Å². The highest BCUT2D eigenvalue weighted by Crippen LogP contribution is 2.22. The predicted molar refractivity (Wildman–Crippen MR) is 152 cm³/mol. The van der Waals surface area contributed by atoms with Gasteiger partial charge in [-0.25, -0.2) is 9.59 Å². The first-order valence-electron chi connectivity index (χ1n) is 13.3. The lowest BCUT2D eigenvalue weighted by Gasteiger charge is -2.39. The van der Waals surface area contributed by atoms with Gasteiger partial charge in [0.15, 0.2) is 11.4 Å². The molecule has 1 saturated heterocycles. The Bertz CT molecular complexity index is 1420. The molecule has 0 unspecified atom stereocenters. The molecule has 40 heavy (non-hydrogen) atoms. The fraction of sp³-hybridized carbons (Fsp3) is 0.448. The van der Waals surface area contributed by atoms with Gasteiger partial charge in [-0.15, -0.1) is 0 Å². The van der Waals surface area contributed by atoms with Gasteiger partial charge in [-0.3, -0.25) is 19.5 Å². The molecule has 2 N–H and O–H groups in total. The number of nitrogens with one attached hydrogen (secondary N) is 1. The first-order valence-corrected chi connectivity index (χ1v) is 13.7. The Hall–Kier alpha value is -3.63. The fourth-order valence-corrected chi connectivity index (χ4v) is 5.09. The predicted octanol–water partition coefficient (Wildman–Crippen LogP) is 4.13. The normalized spacial score (nSPS) is 15.2. The van der Waals surface area contributed by atoms with Gasteiger partial charge in [-0.05, 0) is 63.1 Å². The number of fused-ring (bicyclic) bond motifs is 1. The van der Waals surface area contributed by atoms with Gasteiger partial charge in [0.2, 0.25) is 5.91 Å². The zero-order valence-electron chi connectivity index (χ0n) is 23.0. The molecule has 0 aliphatic carbocycles. The number of halogens is 1. The number of Topliss-reactive ketones (excluding diaryl/α,β-unsaturated/α-hetero) is 1. The van der Waals surface area contributed by atoms with Crippen LogP contribution in [0.2, 0.25) is 5.02 Å². The van der Waals surface area contributed by atoms with Gasteiger partial charge >= 0.3 is 11.8 Å². The highest BCUT2D eigenvalue weighted by atomic mass is 35.5. The molecule has 2 amide bonds. The first kappa shape index (κ1) is 29.4. The highest BCUT2D eigenvalue weighted by Gasteiger charge is 2.34. The van der Waals surface area contributed by atoms with E-state index in [-0.39, 0.29) is 18.2 Å². The van der Waals surface area contributed by atoms with Gasteiger partial charge < -0.3 is 19.3 Å². The van der Waals surface area contributed by atoms with Crippen LogP contribution < -0.4 is 5.76 Å². The maximum absolute atomic E-state index is 13.7. The molecule has 2 heterocycles. The molecule has 3 aromatic rings. The number of rotatable bonds is 9. The van der Waals surface area contributed by atoms with Crippen LogP contribution in [0.5, 0.6) is 0 Å². The topological polar surface area (TPSA) is 127 Å². The molecule has 0 spiro atoms. The van der Waals surface area contributed by atoms with Gasteiger partial charge in [0.1, 0.15) is 0 Å². The SMILES string of the molecule is CC(C)(C)N(C[C@@H](Cc1ccc(Cl)cc1)C(=O)N1CCN(CCC(=O)c2ccc3[nH]c(=O)oc3c2)CC1)C(=O)O. The maximum atomic E-state index is 13.7. The summed E-state index contributed by atoms with van der Waals surface area (Å²) < 4.78 is 5.05. The number of aromatic amines is 1. The van der Waals surface area contributed by atoms with Gasteiger partial charge in [0, 0.05) is 61.8 Å². The Morgan fingerprint density at radius 3 is 2.38 bits per heavy atom. The minimum atomic E-state index is -1.06. The standard InChI is InChI=1S/C29H35ClN4O6/c1-29(2,3)34(28(38)39)18-21(16-19-4-7-22(30)8-5-19)26(36)33-14-12-32(13-15-33)11-10-24(35)20-6-9-23-25(17-20)40-27(37)31-23/h4-9,17,21H,10-16,18H2,1-3H3,(H,31,37)(H,38,39)/t21-/m1/s1. The number of H-pyrrole nitrogens is 1. The van der Waals surface area contributed by atoms with E-state index in [4.69, 9.17) is 16.0 Å². The molecule has 4 rings (SSSR count). The van der Waals surface area contributed by atoms with Crippen LogP contribution in [-0.4, -0.2) is 87.4 Å². The maximum Gasteiger partial charge on any atom is 0.417 e. The van der Waals surface area contributed by atoms with Crippen molar-refractivity contribution < 1.29 is 23.9 Å². The van der Waals surface area contributed by atoms with Crippen molar-refractivity contribution in [1.82, 2.24) is 19.7 Å². The Labute approximate surface area is 237 Å². The number of ketones is 1. The molecule has 10 nitrogen and oxygen atoms in total. The van der Waals surface area contributed by atoms with Gasteiger partial charge in [0.05, 0.1) is 11.4 Å². The number of benzene rings is 2. The lowest BCUT2D eigenvalue weighted by Crippen LogP contribution is -2.54. The molecular formula is C29H35ClN4O6. The second-order valence-electron chi connectivity index (χ2n) is 11.2. The van der Waals surface area contributed by atoms with Crippen LogP contribution in [0, 0.1) is 5.92 Å². The fourth-order valence-electron chi connectivity index (χ4n) is 4.97. The van der Waals surface area contributed by atoms with Crippen LogP contribution in [-0.2, 0) is 11.2 Å². The Morgan fingerprint density at radius 2 is 1.75 bits per heavy atom. The average Bonchev–Trinajstić information content (AvgIpc) is 3.29. The van der Waals surface area contributed by atoms with Crippen LogP contribution in [0.4, 0.5) is 4.79 Å². The number of nitrogens with zero attached hydrogens (tertiary/aromatic N) is 3. The minimum Gasteiger partial charge on any atom is -0.465 e. The minimum absolute atomic E-state index is 0.0526. The molecular weight excluding hydrogens is 536 g/mol. The number of carboxylic acid groups (broad SMARTS) is 1. The second-order valence-corrected chi connectivity index (χ2v) is 11.6. The van der Waals surface area contributed by atoms with E-state index < -0.39 is 23.3 Å². The van der Waals surface area contributed by atoms with Gasteiger partial charge in [-0.2, -0.15) is 0 Å². The molecule has 1 aromatic heterocycles. The van der Waals surface area contributed by atoms with Gasteiger partial charge in [0.25, 0.3) is 0 Å². The number of carbonyl (C=O) groups is 3. The van der Waals surface area contributed by atoms with E-state index in [2.05, 4.69) is 9.88 Å². The molecule has 0 radical (unpaired) electrons. The van der Waals surface area contributed by atoms with E-state index in [0.29, 0.717) is 67.3 Å². The Kier molecular flexibility index (Phi) is 9.00. The molecule has 214 valence electrons. The van der Waals surface area contributed by atoms with Crippen molar-refractivity contribution in [3.8, 4) is 0 Å². The van der Waals surface area contributed by atoms with E-state index in [0.717, 1.165) is 5.56 Å². The van der Waals surface area contributed by atoms with Crippen LogP contribution in [0.25, 0.3) is 11.1 Å². The van der Waals surface area contributed by atoms with Crippen LogP contribution >= 0.6 is 11.6 Å². The Morgan fingerprint density at radius 1 is 1.07 bits per heavy atom. The van der Waals surface area contributed by atoms with E-state index in [1.165, 1.54) is 4.90 Å². The smallest absolute Gasteiger partial charge is 0.417 e. The Balaban J connectivity index is 1.36. The molecule has 1 atom stereocenters. The molecule has 1 aliphatic heterocycles. The zero-order valence-corrected chi connectivity index (χ0v) is 23.7. The van der Waals surface area contributed by atoms with Crippen molar-refractivity contribution in [3.63, 3.8) is 0 Å². The van der Waals surface area contributed by atoms with Crippen molar-refractivity contribution in [2.24, 2.45) is 5.92 Å². The van der Waals surface area contributed by atoms with Crippen molar-refractivity contribution in [3.05, 3.63) is 69.2 Å². The van der Waals surface area contributed by atoms with E-state index in [9.17, 15) is 24.3 Å². The number of hydrogen-bond acceptors (Lipinski definition) is 6. The van der Waals surface area contributed by atoms with Gasteiger partial charge in [-0.1, -0.05) is 23.7 Å². The lowest BCUT2D eigenvalue weighted by molar-refractivity contribution is -0.138. The molecule has 0 bridgehead atoms. The van der Waals surface area contributed by atoms with Crippen molar-refractivity contribution in [2.45, 2.75) is 39.2 Å². The van der Waals surface area contributed by atoms with Crippen LogP contribution in [0.15, 0.2) is 51.7 Å². The van der Waals surface area contributed by atoms with Crippen molar-refractivity contribution in [1.29, 1.82) is 0 Å². The summed E-state index contributed by atoms with van der Waals surface area (Å²) in [6, 6.07) is 12.2. The van der Waals surface area contributed by atoms with E-state index >= 15 is 0 Å². The molecule has 1 aliphatic rings. The summed E-state index contributed by atoms with van der Waals surface area (Å²) in [7, 11) is 0. The third kappa shape index (κ3) is 7.31. The molecule has 2 aromatic carbocycles. The van der Waals surface area contributed by atoms with Crippen LogP contribution in [0.3, 0.4) is 0 Å². The monoisotopic (exact) mass is 570 g/mol. The summed E-state index contributed by atoms with van der Waals surface area (Å²) in [5, 5.41) is 10.5. The summed E-state index contributed by atoms with van der Waals surface area (Å²) >= 11 is 6.03. The summed E-state index contributed by atoms with van der Waals surface area (Å²) in [4.78, 5) is 57.7. The third-order valence-electron chi connectivity index (χ3n) is 7.27. The number of amides is 2.